The van der Waals surface area contributed by atoms with Crippen LogP contribution in [0.3, 0.4) is 0 Å². The lowest BCUT2D eigenvalue weighted by atomic mass is 10.1. The fourth-order valence-electron chi connectivity index (χ4n) is 3.15. The Labute approximate surface area is 151 Å². The average Bonchev–Trinajstić information content (AvgIpc) is 3.05. The number of rotatable bonds is 5. The molecule has 8 heteroatoms. The Morgan fingerprint density at radius 3 is 2.88 bits per heavy atom. The maximum Gasteiger partial charge on any atom is 0.348 e. The molecule has 1 aliphatic heterocycles. The Morgan fingerprint density at radius 1 is 1.36 bits per heavy atom. The van der Waals surface area contributed by atoms with Crippen LogP contribution in [0.2, 0.25) is 0 Å². The minimum Gasteiger partial charge on any atom is -0.462 e. The Kier molecular flexibility index (Phi) is 5.43. The fourth-order valence-corrected chi connectivity index (χ4v) is 5.82. The number of hydrogen-bond donors (Lipinski definition) is 1. The summed E-state index contributed by atoms with van der Waals surface area (Å²) in [5, 5.41) is 0.732. The van der Waals surface area contributed by atoms with E-state index in [2.05, 4.69) is 0 Å². The highest BCUT2D eigenvalue weighted by atomic mass is 32.2. The van der Waals surface area contributed by atoms with Crippen molar-refractivity contribution in [2.45, 2.75) is 37.1 Å². The Morgan fingerprint density at radius 2 is 2.16 bits per heavy atom. The van der Waals surface area contributed by atoms with Crippen LogP contribution in [0.1, 0.15) is 35.9 Å². The highest BCUT2D eigenvalue weighted by molar-refractivity contribution is 7.89. The predicted octanol–water partition coefficient (Wildman–Crippen LogP) is 2.58. The SMILES string of the molecule is CCOC(=O)c1cc2cc(S(=O)(=O)N3CCCCC3CN)ccc2s1. The summed E-state index contributed by atoms with van der Waals surface area (Å²) in [6.07, 6.45) is 2.65. The first-order valence-corrected chi connectivity index (χ1v) is 10.7. The summed E-state index contributed by atoms with van der Waals surface area (Å²) in [5.74, 6) is -0.382. The van der Waals surface area contributed by atoms with Gasteiger partial charge in [0.2, 0.25) is 10.0 Å². The molecule has 1 unspecified atom stereocenters. The topological polar surface area (TPSA) is 89.7 Å². The van der Waals surface area contributed by atoms with Crippen LogP contribution in [0.5, 0.6) is 0 Å². The van der Waals surface area contributed by atoms with Crippen molar-refractivity contribution in [2.24, 2.45) is 5.73 Å². The fraction of sp³-hybridized carbons (Fsp3) is 0.471. The number of ether oxygens (including phenoxy) is 1. The third-order valence-electron chi connectivity index (χ3n) is 4.42. The van der Waals surface area contributed by atoms with Crippen LogP contribution in [-0.2, 0) is 14.8 Å². The molecule has 1 saturated heterocycles. The molecule has 2 aromatic rings. The van der Waals surface area contributed by atoms with E-state index in [0.29, 0.717) is 24.6 Å². The molecule has 3 rings (SSSR count). The van der Waals surface area contributed by atoms with E-state index in [1.54, 1.807) is 31.2 Å². The number of hydrogen-bond acceptors (Lipinski definition) is 6. The van der Waals surface area contributed by atoms with E-state index < -0.39 is 10.0 Å². The van der Waals surface area contributed by atoms with Crippen molar-refractivity contribution < 1.29 is 17.9 Å². The first-order chi connectivity index (χ1) is 12.0. The first kappa shape index (κ1) is 18.3. The number of piperidine rings is 1. The van der Waals surface area contributed by atoms with Gasteiger partial charge in [-0.1, -0.05) is 6.42 Å². The van der Waals surface area contributed by atoms with Crippen LogP contribution in [0, 0.1) is 0 Å². The molecule has 2 heterocycles. The molecule has 0 bridgehead atoms. The van der Waals surface area contributed by atoms with E-state index in [9.17, 15) is 13.2 Å². The Hall–Kier alpha value is -1.48. The minimum absolute atomic E-state index is 0.146. The lowest BCUT2D eigenvalue weighted by Crippen LogP contribution is -2.47. The molecule has 1 aromatic heterocycles. The maximum atomic E-state index is 13.0. The molecule has 1 atom stereocenters. The number of benzene rings is 1. The number of sulfonamides is 1. The molecule has 0 spiro atoms. The van der Waals surface area contributed by atoms with Gasteiger partial charge in [0.1, 0.15) is 4.88 Å². The van der Waals surface area contributed by atoms with Gasteiger partial charge in [0.05, 0.1) is 11.5 Å². The summed E-state index contributed by atoms with van der Waals surface area (Å²) in [6, 6.07) is 6.52. The standard InChI is InChI=1S/C17H22N2O4S2/c1-2-23-17(20)16-10-12-9-14(6-7-15(12)24-16)25(21,22)19-8-4-3-5-13(19)11-18/h6-7,9-10,13H,2-5,8,11,18H2,1H3. The van der Waals surface area contributed by atoms with Crippen LogP contribution in [0.4, 0.5) is 0 Å². The molecule has 1 aromatic carbocycles. The zero-order valence-electron chi connectivity index (χ0n) is 14.1. The number of nitrogens with two attached hydrogens (primary N) is 1. The number of fused-ring (bicyclic) bond motifs is 1. The van der Waals surface area contributed by atoms with Gasteiger partial charge >= 0.3 is 5.97 Å². The van der Waals surface area contributed by atoms with Gasteiger partial charge in [-0.3, -0.25) is 0 Å². The molecule has 0 radical (unpaired) electrons. The quantitative estimate of drug-likeness (QED) is 0.803. The first-order valence-electron chi connectivity index (χ1n) is 8.40. The van der Waals surface area contributed by atoms with E-state index in [0.717, 1.165) is 29.3 Å². The van der Waals surface area contributed by atoms with E-state index in [1.807, 2.05) is 0 Å². The summed E-state index contributed by atoms with van der Waals surface area (Å²) in [4.78, 5) is 12.6. The Balaban J connectivity index is 1.96. The van der Waals surface area contributed by atoms with Crippen molar-refractivity contribution in [2.75, 3.05) is 19.7 Å². The molecule has 1 aliphatic rings. The number of esters is 1. The van der Waals surface area contributed by atoms with Crippen molar-refractivity contribution in [3.05, 3.63) is 29.1 Å². The van der Waals surface area contributed by atoms with Crippen LogP contribution in [0.25, 0.3) is 10.1 Å². The third kappa shape index (κ3) is 3.57. The van der Waals surface area contributed by atoms with Gasteiger partial charge in [-0.25, -0.2) is 13.2 Å². The molecular weight excluding hydrogens is 360 g/mol. The van der Waals surface area contributed by atoms with E-state index in [-0.39, 0.29) is 16.9 Å². The smallest absolute Gasteiger partial charge is 0.348 e. The highest BCUT2D eigenvalue weighted by Gasteiger charge is 2.32. The van der Waals surface area contributed by atoms with Gasteiger partial charge in [0.25, 0.3) is 0 Å². The zero-order valence-corrected chi connectivity index (χ0v) is 15.7. The van der Waals surface area contributed by atoms with E-state index >= 15 is 0 Å². The highest BCUT2D eigenvalue weighted by Crippen LogP contribution is 2.31. The average molecular weight is 383 g/mol. The predicted molar refractivity (Wildman–Crippen MR) is 98.4 cm³/mol. The van der Waals surface area contributed by atoms with Gasteiger partial charge in [-0.05, 0) is 49.4 Å². The molecule has 0 amide bonds. The van der Waals surface area contributed by atoms with E-state index in [1.165, 1.54) is 15.6 Å². The van der Waals surface area contributed by atoms with Crippen molar-refractivity contribution in [1.29, 1.82) is 0 Å². The largest absolute Gasteiger partial charge is 0.462 e. The van der Waals surface area contributed by atoms with Gasteiger partial charge in [-0.15, -0.1) is 11.3 Å². The molecule has 136 valence electrons. The summed E-state index contributed by atoms with van der Waals surface area (Å²) < 4.78 is 33.4. The molecule has 25 heavy (non-hydrogen) atoms. The lowest BCUT2D eigenvalue weighted by molar-refractivity contribution is 0.0532. The summed E-state index contributed by atoms with van der Waals surface area (Å²) in [5.41, 5.74) is 5.77. The number of carbonyl (C=O) groups is 1. The van der Waals surface area contributed by atoms with Gasteiger partial charge in [0.15, 0.2) is 0 Å². The maximum absolute atomic E-state index is 13.0. The molecule has 6 nitrogen and oxygen atoms in total. The second-order valence-electron chi connectivity index (χ2n) is 6.03. The van der Waals surface area contributed by atoms with Gasteiger partial charge < -0.3 is 10.5 Å². The monoisotopic (exact) mass is 382 g/mol. The van der Waals surface area contributed by atoms with Crippen LogP contribution in [0.15, 0.2) is 29.2 Å². The Bertz CT molecular complexity index is 876. The number of thiophene rings is 1. The lowest BCUT2D eigenvalue weighted by Gasteiger charge is -2.33. The molecule has 0 aliphatic carbocycles. The van der Waals surface area contributed by atoms with Gasteiger partial charge in [0, 0.05) is 23.8 Å². The second kappa shape index (κ2) is 7.41. The summed E-state index contributed by atoms with van der Waals surface area (Å²) >= 11 is 1.30. The van der Waals surface area contributed by atoms with Crippen molar-refractivity contribution in [3.63, 3.8) is 0 Å². The molecular formula is C17H22N2O4S2. The molecule has 1 fully saturated rings. The third-order valence-corrected chi connectivity index (χ3v) is 7.46. The summed E-state index contributed by atoms with van der Waals surface area (Å²) in [7, 11) is -3.59. The summed E-state index contributed by atoms with van der Waals surface area (Å²) in [6.45, 7) is 2.89. The normalized spacial score (nSPS) is 19.2. The second-order valence-corrected chi connectivity index (χ2v) is 9.01. The zero-order chi connectivity index (χ0) is 18.0. The minimum atomic E-state index is -3.59. The van der Waals surface area contributed by atoms with E-state index in [4.69, 9.17) is 10.5 Å². The van der Waals surface area contributed by atoms with Crippen molar-refractivity contribution in [1.82, 2.24) is 4.31 Å². The number of carbonyl (C=O) groups excluding carboxylic acids is 1. The molecule has 2 N–H and O–H groups in total. The molecule has 0 saturated carbocycles. The van der Waals surface area contributed by atoms with Crippen LogP contribution in [-0.4, -0.2) is 44.4 Å². The van der Waals surface area contributed by atoms with Crippen molar-refractivity contribution in [3.8, 4) is 0 Å². The van der Waals surface area contributed by atoms with Gasteiger partial charge in [-0.2, -0.15) is 4.31 Å². The van der Waals surface area contributed by atoms with Crippen LogP contribution < -0.4 is 5.73 Å². The van der Waals surface area contributed by atoms with Crippen LogP contribution >= 0.6 is 11.3 Å². The number of nitrogens with zero attached hydrogens (tertiary/aromatic N) is 1. The van der Waals surface area contributed by atoms with Crippen molar-refractivity contribution >= 4 is 37.4 Å².